The summed E-state index contributed by atoms with van der Waals surface area (Å²) in [5.74, 6) is 1.32. The number of thiophene rings is 1. The molecule has 0 bridgehead atoms. The number of nitrogen functional groups attached to an aromatic ring is 1. The lowest BCUT2D eigenvalue weighted by molar-refractivity contribution is 0.197. The van der Waals surface area contributed by atoms with Crippen molar-refractivity contribution in [2.75, 3.05) is 36.8 Å². The summed E-state index contributed by atoms with van der Waals surface area (Å²) >= 11 is 1.61. The van der Waals surface area contributed by atoms with Crippen molar-refractivity contribution in [3.63, 3.8) is 0 Å². The normalized spacial score (nSPS) is 17.3. The molecule has 3 aromatic heterocycles. The van der Waals surface area contributed by atoms with Crippen LogP contribution in [0.1, 0.15) is 18.5 Å². The SMILES string of the molecule is CC(c1cccnc1)N1CCN(c2nc(N)c3ccsc3n2)CC1. The first-order valence-electron chi connectivity index (χ1n) is 8.12. The van der Waals surface area contributed by atoms with E-state index in [1.165, 1.54) is 5.56 Å². The van der Waals surface area contributed by atoms with Gasteiger partial charge in [-0.05, 0) is 30.0 Å². The molecule has 1 aliphatic rings. The lowest BCUT2D eigenvalue weighted by atomic mass is 10.1. The molecule has 4 heterocycles. The predicted molar refractivity (Wildman–Crippen MR) is 98.3 cm³/mol. The number of piperazine rings is 1. The first kappa shape index (κ1) is 15.3. The third-order valence-corrected chi connectivity index (χ3v) is 5.46. The van der Waals surface area contributed by atoms with E-state index in [9.17, 15) is 0 Å². The molecule has 0 radical (unpaired) electrons. The molecule has 1 atom stereocenters. The number of anilines is 2. The molecular weight excluding hydrogens is 320 g/mol. The number of hydrogen-bond acceptors (Lipinski definition) is 7. The Bertz CT molecular complexity index is 825. The van der Waals surface area contributed by atoms with Crippen molar-refractivity contribution in [2.24, 2.45) is 0 Å². The summed E-state index contributed by atoms with van der Waals surface area (Å²) in [4.78, 5) is 19.1. The minimum Gasteiger partial charge on any atom is -0.383 e. The Balaban J connectivity index is 1.47. The molecule has 0 spiro atoms. The largest absolute Gasteiger partial charge is 0.383 e. The molecular formula is C17H20N6S. The van der Waals surface area contributed by atoms with E-state index in [2.05, 4.69) is 37.7 Å². The van der Waals surface area contributed by atoms with Crippen LogP contribution in [0.2, 0.25) is 0 Å². The van der Waals surface area contributed by atoms with Gasteiger partial charge in [-0.15, -0.1) is 11.3 Å². The van der Waals surface area contributed by atoms with Gasteiger partial charge in [0.25, 0.3) is 0 Å². The third kappa shape index (κ3) is 2.81. The number of rotatable bonds is 3. The summed E-state index contributed by atoms with van der Waals surface area (Å²) < 4.78 is 0. The minimum atomic E-state index is 0.367. The van der Waals surface area contributed by atoms with Gasteiger partial charge in [-0.3, -0.25) is 9.88 Å². The summed E-state index contributed by atoms with van der Waals surface area (Å²) in [5.41, 5.74) is 7.33. The van der Waals surface area contributed by atoms with Crippen LogP contribution in [0.4, 0.5) is 11.8 Å². The average molecular weight is 340 g/mol. The number of aromatic nitrogens is 3. The monoisotopic (exact) mass is 340 g/mol. The van der Waals surface area contributed by atoms with E-state index >= 15 is 0 Å². The van der Waals surface area contributed by atoms with Gasteiger partial charge in [0.15, 0.2) is 0 Å². The Hall–Kier alpha value is -2.25. The smallest absolute Gasteiger partial charge is 0.228 e. The highest BCUT2D eigenvalue weighted by molar-refractivity contribution is 7.16. The number of pyridine rings is 1. The molecule has 6 nitrogen and oxygen atoms in total. The van der Waals surface area contributed by atoms with Crippen LogP contribution >= 0.6 is 11.3 Å². The minimum absolute atomic E-state index is 0.367. The van der Waals surface area contributed by atoms with Crippen LogP contribution < -0.4 is 10.6 Å². The molecule has 1 aliphatic heterocycles. The predicted octanol–water partition coefficient (Wildman–Crippen LogP) is 2.55. The molecule has 1 saturated heterocycles. The van der Waals surface area contributed by atoms with Gasteiger partial charge in [0, 0.05) is 44.6 Å². The molecule has 0 amide bonds. The van der Waals surface area contributed by atoms with E-state index in [1.807, 2.05) is 29.9 Å². The van der Waals surface area contributed by atoms with Crippen molar-refractivity contribution in [1.82, 2.24) is 19.9 Å². The summed E-state index contributed by atoms with van der Waals surface area (Å²) in [6, 6.07) is 6.48. The molecule has 0 aromatic carbocycles. The van der Waals surface area contributed by atoms with E-state index in [1.54, 1.807) is 11.3 Å². The molecule has 3 aromatic rings. The fourth-order valence-electron chi connectivity index (χ4n) is 3.15. The second-order valence-corrected chi connectivity index (χ2v) is 6.93. The second-order valence-electron chi connectivity index (χ2n) is 6.03. The van der Waals surface area contributed by atoms with Gasteiger partial charge >= 0.3 is 0 Å². The van der Waals surface area contributed by atoms with Crippen LogP contribution in [-0.4, -0.2) is 46.0 Å². The van der Waals surface area contributed by atoms with Crippen LogP contribution in [0.5, 0.6) is 0 Å². The highest BCUT2D eigenvalue weighted by Crippen LogP contribution is 2.27. The summed E-state index contributed by atoms with van der Waals surface area (Å²) in [6.45, 7) is 5.99. The van der Waals surface area contributed by atoms with Gasteiger partial charge in [-0.1, -0.05) is 6.07 Å². The van der Waals surface area contributed by atoms with Gasteiger partial charge in [-0.2, -0.15) is 4.98 Å². The molecule has 7 heteroatoms. The van der Waals surface area contributed by atoms with Gasteiger partial charge in [0.1, 0.15) is 10.6 Å². The van der Waals surface area contributed by atoms with E-state index in [4.69, 9.17) is 5.73 Å². The molecule has 1 fully saturated rings. The molecule has 24 heavy (non-hydrogen) atoms. The average Bonchev–Trinajstić information content (AvgIpc) is 3.11. The standard InChI is InChI=1S/C17H20N6S/c1-12(13-3-2-5-19-11-13)22-6-8-23(9-7-22)17-20-15(18)14-4-10-24-16(14)21-17/h2-5,10-12H,6-9H2,1H3,(H2,18,20,21). The third-order valence-electron chi connectivity index (χ3n) is 4.65. The molecule has 124 valence electrons. The Morgan fingerprint density at radius 3 is 2.75 bits per heavy atom. The first-order chi connectivity index (χ1) is 11.7. The Labute approximate surface area is 145 Å². The van der Waals surface area contributed by atoms with Crippen LogP contribution in [0.3, 0.4) is 0 Å². The van der Waals surface area contributed by atoms with Gasteiger partial charge in [-0.25, -0.2) is 4.98 Å². The topological polar surface area (TPSA) is 71.2 Å². The lowest BCUT2D eigenvalue weighted by Gasteiger charge is -2.38. The van der Waals surface area contributed by atoms with Crippen molar-refractivity contribution in [3.05, 3.63) is 41.5 Å². The van der Waals surface area contributed by atoms with Crippen molar-refractivity contribution < 1.29 is 0 Å². The van der Waals surface area contributed by atoms with Crippen LogP contribution in [0, 0.1) is 0 Å². The zero-order valence-corrected chi connectivity index (χ0v) is 14.4. The highest BCUT2D eigenvalue weighted by atomic mass is 32.1. The van der Waals surface area contributed by atoms with Crippen molar-refractivity contribution in [3.8, 4) is 0 Å². The highest BCUT2D eigenvalue weighted by Gasteiger charge is 2.24. The van der Waals surface area contributed by atoms with Crippen molar-refractivity contribution in [2.45, 2.75) is 13.0 Å². The molecule has 1 unspecified atom stereocenters. The van der Waals surface area contributed by atoms with E-state index in [0.717, 1.165) is 42.3 Å². The maximum Gasteiger partial charge on any atom is 0.228 e. The Morgan fingerprint density at radius 2 is 2.00 bits per heavy atom. The maximum atomic E-state index is 6.07. The van der Waals surface area contributed by atoms with Crippen molar-refractivity contribution >= 4 is 33.3 Å². The molecule has 4 rings (SSSR count). The lowest BCUT2D eigenvalue weighted by Crippen LogP contribution is -2.47. The Morgan fingerprint density at radius 1 is 1.17 bits per heavy atom. The van der Waals surface area contributed by atoms with Crippen LogP contribution in [0.15, 0.2) is 36.0 Å². The van der Waals surface area contributed by atoms with Crippen LogP contribution in [0.25, 0.3) is 10.2 Å². The quantitative estimate of drug-likeness (QED) is 0.790. The van der Waals surface area contributed by atoms with Gasteiger partial charge < -0.3 is 10.6 Å². The fourth-order valence-corrected chi connectivity index (χ4v) is 3.92. The Kier molecular flexibility index (Phi) is 4.03. The van der Waals surface area contributed by atoms with E-state index in [-0.39, 0.29) is 0 Å². The number of nitrogens with zero attached hydrogens (tertiary/aromatic N) is 5. The molecule has 2 N–H and O–H groups in total. The van der Waals surface area contributed by atoms with E-state index < -0.39 is 0 Å². The fraction of sp³-hybridized carbons (Fsp3) is 0.353. The maximum absolute atomic E-state index is 6.07. The number of hydrogen-bond donors (Lipinski definition) is 1. The molecule has 0 aliphatic carbocycles. The van der Waals surface area contributed by atoms with Gasteiger partial charge in [0.2, 0.25) is 5.95 Å². The number of nitrogens with two attached hydrogens (primary N) is 1. The molecule has 0 saturated carbocycles. The van der Waals surface area contributed by atoms with Crippen molar-refractivity contribution in [1.29, 1.82) is 0 Å². The first-order valence-corrected chi connectivity index (χ1v) is 9.00. The summed E-state index contributed by atoms with van der Waals surface area (Å²) in [6.07, 6.45) is 3.77. The van der Waals surface area contributed by atoms with Gasteiger partial charge in [0.05, 0.1) is 5.39 Å². The summed E-state index contributed by atoms with van der Waals surface area (Å²) in [7, 11) is 0. The summed E-state index contributed by atoms with van der Waals surface area (Å²) in [5, 5.41) is 2.96. The van der Waals surface area contributed by atoms with Crippen LogP contribution in [-0.2, 0) is 0 Å². The second kappa shape index (κ2) is 6.33. The zero-order valence-electron chi connectivity index (χ0n) is 13.6. The van der Waals surface area contributed by atoms with E-state index in [0.29, 0.717) is 11.9 Å². The zero-order chi connectivity index (χ0) is 16.5. The number of fused-ring (bicyclic) bond motifs is 1.